The van der Waals surface area contributed by atoms with Gasteiger partial charge in [-0.15, -0.1) is 21.5 Å². The van der Waals surface area contributed by atoms with E-state index in [1.807, 2.05) is 45.0 Å². The standard InChI is InChI=1S/C22H27N5O3S/c1-22(2,3)21(28)30-26-11-8-16(9-12-26)20-24-17(15-31-20)14-29-19-6-4-18(5-7-19)27-13-10-23-25-27/h4-7,10,13,15-16H,8-9,11-12,14H2,1-3H3. The molecule has 1 saturated heterocycles. The smallest absolute Gasteiger partial charge is 0.330 e. The maximum absolute atomic E-state index is 12.1. The molecular formula is C22H27N5O3S. The van der Waals surface area contributed by atoms with E-state index in [1.165, 1.54) is 0 Å². The molecule has 0 saturated carbocycles. The molecule has 1 aliphatic heterocycles. The van der Waals surface area contributed by atoms with Gasteiger partial charge in [-0.3, -0.25) is 0 Å². The summed E-state index contributed by atoms with van der Waals surface area (Å²) in [5, 5.41) is 12.8. The molecule has 0 radical (unpaired) electrons. The lowest BCUT2D eigenvalue weighted by atomic mass is 9.97. The lowest BCUT2D eigenvalue weighted by Gasteiger charge is -2.31. The van der Waals surface area contributed by atoms with E-state index in [-0.39, 0.29) is 5.97 Å². The number of rotatable bonds is 6. The monoisotopic (exact) mass is 441 g/mol. The van der Waals surface area contributed by atoms with Gasteiger partial charge in [0.1, 0.15) is 12.4 Å². The van der Waals surface area contributed by atoms with Crippen LogP contribution in [0.2, 0.25) is 0 Å². The van der Waals surface area contributed by atoms with Gasteiger partial charge in [-0.2, -0.15) is 0 Å². The predicted molar refractivity (Wildman–Crippen MR) is 117 cm³/mol. The second kappa shape index (κ2) is 9.15. The van der Waals surface area contributed by atoms with Crippen LogP contribution in [0.3, 0.4) is 0 Å². The average Bonchev–Trinajstić information content (AvgIpc) is 3.45. The fraction of sp³-hybridized carbons (Fsp3) is 0.455. The van der Waals surface area contributed by atoms with Crippen molar-refractivity contribution in [1.82, 2.24) is 25.0 Å². The zero-order chi connectivity index (χ0) is 21.8. The van der Waals surface area contributed by atoms with Crippen molar-refractivity contribution in [2.24, 2.45) is 5.41 Å². The summed E-state index contributed by atoms with van der Waals surface area (Å²) in [5.41, 5.74) is 1.37. The second-order valence-corrected chi connectivity index (χ2v) is 9.53. The molecular weight excluding hydrogens is 414 g/mol. The minimum Gasteiger partial charge on any atom is -0.487 e. The fourth-order valence-corrected chi connectivity index (χ4v) is 4.20. The van der Waals surface area contributed by atoms with E-state index in [0.717, 1.165) is 48.1 Å². The third-order valence-corrected chi connectivity index (χ3v) is 6.16. The van der Waals surface area contributed by atoms with Gasteiger partial charge in [0.15, 0.2) is 0 Å². The summed E-state index contributed by atoms with van der Waals surface area (Å²) in [6, 6.07) is 7.71. The van der Waals surface area contributed by atoms with Crippen LogP contribution in [0.5, 0.6) is 5.75 Å². The number of benzene rings is 1. The topological polar surface area (TPSA) is 82.4 Å². The Balaban J connectivity index is 1.26. The molecule has 9 heteroatoms. The Bertz CT molecular complexity index is 987. The Morgan fingerprint density at radius 3 is 2.58 bits per heavy atom. The van der Waals surface area contributed by atoms with Crippen LogP contribution in [0.15, 0.2) is 42.0 Å². The van der Waals surface area contributed by atoms with Crippen LogP contribution in [0.1, 0.15) is 50.2 Å². The molecule has 0 aliphatic carbocycles. The van der Waals surface area contributed by atoms with Gasteiger partial charge in [-0.1, -0.05) is 5.21 Å². The summed E-state index contributed by atoms with van der Waals surface area (Å²) >= 11 is 1.68. The molecule has 3 heterocycles. The normalized spacial score (nSPS) is 15.7. The van der Waals surface area contributed by atoms with Gasteiger partial charge in [0.05, 0.1) is 34.2 Å². The number of hydrogen-bond acceptors (Lipinski definition) is 8. The van der Waals surface area contributed by atoms with Gasteiger partial charge in [0, 0.05) is 24.4 Å². The number of piperidine rings is 1. The Morgan fingerprint density at radius 1 is 1.19 bits per heavy atom. The SMILES string of the molecule is CC(C)(C)C(=O)ON1CCC(c2nc(COc3ccc(-n4ccnn4)cc3)cs2)CC1. The second-order valence-electron chi connectivity index (χ2n) is 8.64. The number of aromatic nitrogens is 4. The van der Waals surface area contributed by atoms with Gasteiger partial charge in [0.25, 0.3) is 0 Å². The summed E-state index contributed by atoms with van der Waals surface area (Å²) < 4.78 is 7.59. The molecule has 0 spiro atoms. The molecule has 0 N–H and O–H groups in total. The van der Waals surface area contributed by atoms with Crippen molar-refractivity contribution in [3.05, 3.63) is 52.7 Å². The summed E-state index contributed by atoms with van der Waals surface area (Å²) in [6.07, 6.45) is 5.29. The average molecular weight is 442 g/mol. The predicted octanol–water partition coefficient (Wildman–Crippen LogP) is 3.99. The van der Waals surface area contributed by atoms with E-state index < -0.39 is 5.41 Å². The highest BCUT2D eigenvalue weighted by molar-refractivity contribution is 7.09. The molecule has 4 rings (SSSR count). The quantitative estimate of drug-likeness (QED) is 0.572. The molecule has 1 fully saturated rings. The van der Waals surface area contributed by atoms with Crippen molar-refractivity contribution in [2.75, 3.05) is 13.1 Å². The number of hydrogen-bond donors (Lipinski definition) is 0. The molecule has 31 heavy (non-hydrogen) atoms. The number of ether oxygens (including phenoxy) is 1. The maximum Gasteiger partial charge on any atom is 0.330 e. The van der Waals surface area contributed by atoms with E-state index >= 15 is 0 Å². The van der Waals surface area contributed by atoms with Crippen molar-refractivity contribution in [3.8, 4) is 11.4 Å². The molecule has 0 unspecified atom stereocenters. The van der Waals surface area contributed by atoms with E-state index in [9.17, 15) is 4.79 Å². The first-order chi connectivity index (χ1) is 14.9. The van der Waals surface area contributed by atoms with Gasteiger partial charge >= 0.3 is 5.97 Å². The minimum atomic E-state index is -0.488. The highest BCUT2D eigenvalue weighted by atomic mass is 32.1. The summed E-state index contributed by atoms with van der Waals surface area (Å²) in [4.78, 5) is 22.4. The van der Waals surface area contributed by atoms with Crippen LogP contribution in [-0.2, 0) is 16.2 Å². The van der Waals surface area contributed by atoms with Crippen molar-refractivity contribution in [2.45, 2.75) is 46.1 Å². The molecule has 164 valence electrons. The molecule has 0 bridgehead atoms. The first-order valence-corrected chi connectivity index (χ1v) is 11.3. The lowest BCUT2D eigenvalue weighted by Crippen LogP contribution is -2.38. The van der Waals surface area contributed by atoms with Crippen LogP contribution in [0.25, 0.3) is 5.69 Å². The number of carbonyl (C=O) groups is 1. The molecule has 1 aliphatic rings. The van der Waals surface area contributed by atoms with E-state index in [2.05, 4.69) is 15.7 Å². The first kappa shape index (κ1) is 21.5. The van der Waals surface area contributed by atoms with E-state index in [0.29, 0.717) is 12.5 Å². The lowest BCUT2D eigenvalue weighted by molar-refractivity contribution is -0.204. The zero-order valence-electron chi connectivity index (χ0n) is 18.0. The van der Waals surface area contributed by atoms with Gasteiger partial charge in [-0.25, -0.2) is 14.5 Å². The van der Waals surface area contributed by atoms with E-state index in [4.69, 9.17) is 14.6 Å². The van der Waals surface area contributed by atoms with Crippen LogP contribution >= 0.6 is 11.3 Å². The third-order valence-electron chi connectivity index (χ3n) is 5.11. The van der Waals surface area contributed by atoms with Crippen molar-refractivity contribution < 1.29 is 14.4 Å². The summed E-state index contributed by atoms with van der Waals surface area (Å²) in [7, 11) is 0. The van der Waals surface area contributed by atoms with E-state index in [1.54, 1.807) is 33.5 Å². The number of carbonyl (C=O) groups excluding carboxylic acids is 1. The molecule has 8 nitrogen and oxygen atoms in total. The van der Waals surface area contributed by atoms with Crippen LogP contribution in [0, 0.1) is 5.41 Å². The number of thiazole rings is 1. The molecule has 3 aromatic rings. The summed E-state index contributed by atoms with van der Waals surface area (Å²) in [6.45, 7) is 7.50. The van der Waals surface area contributed by atoms with Gasteiger partial charge in [0.2, 0.25) is 0 Å². The van der Waals surface area contributed by atoms with Crippen LogP contribution in [-0.4, -0.2) is 44.1 Å². The third kappa shape index (κ3) is 5.48. The fourth-order valence-electron chi connectivity index (χ4n) is 3.22. The molecule has 0 amide bonds. The maximum atomic E-state index is 12.1. The van der Waals surface area contributed by atoms with Gasteiger partial charge < -0.3 is 9.57 Å². The number of nitrogens with zero attached hydrogens (tertiary/aromatic N) is 5. The van der Waals surface area contributed by atoms with Crippen molar-refractivity contribution in [1.29, 1.82) is 0 Å². The highest BCUT2D eigenvalue weighted by Crippen LogP contribution is 2.31. The highest BCUT2D eigenvalue weighted by Gasteiger charge is 2.29. The minimum absolute atomic E-state index is 0.186. The molecule has 1 aromatic carbocycles. The molecule has 0 atom stereocenters. The van der Waals surface area contributed by atoms with Crippen LogP contribution < -0.4 is 4.74 Å². The van der Waals surface area contributed by atoms with Crippen molar-refractivity contribution in [3.63, 3.8) is 0 Å². The first-order valence-electron chi connectivity index (χ1n) is 10.4. The Kier molecular flexibility index (Phi) is 6.33. The number of hydroxylamine groups is 2. The van der Waals surface area contributed by atoms with Crippen LogP contribution in [0.4, 0.5) is 0 Å². The van der Waals surface area contributed by atoms with Gasteiger partial charge in [-0.05, 0) is 57.9 Å². The Morgan fingerprint density at radius 2 is 1.94 bits per heavy atom. The Labute approximate surface area is 185 Å². The molecule has 2 aromatic heterocycles. The zero-order valence-corrected chi connectivity index (χ0v) is 18.8. The largest absolute Gasteiger partial charge is 0.487 e. The Hall–Kier alpha value is -2.78. The summed E-state index contributed by atoms with van der Waals surface area (Å²) in [5.74, 6) is 0.992. The van der Waals surface area contributed by atoms with Crippen molar-refractivity contribution >= 4 is 17.3 Å².